The fourth-order valence-electron chi connectivity index (χ4n) is 3.26. The molecule has 3 aromatic heterocycles. The molecule has 0 aromatic carbocycles. The largest absolute Gasteiger partial charge is 0.468 e. The van der Waals surface area contributed by atoms with Gasteiger partial charge in [-0.1, -0.05) is 18.9 Å². The second-order valence-corrected chi connectivity index (χ2v) is 6.92. The molecule has 0 aliphatic carbocycles. The van der Waals surface area contributed by atoms with Crippen LogP contribution in [0.4, 0.5) is 0 Å². The summed E-state index contributed by atoms with van der Waals surface area (Å²) in [6.45, 7) is 1.88. The van der Waals surface area contributed by atoms with Gasteiger partial charge in [-0.3, -0.25) is 4.90 Å². The molecule has 1 saturated heterocycles. The monoisotopic (exact) mass is 328 g/mol. The molecule has 0 spiro atoms. The predicted molar refractivity (Wildman–Crippen MR) is 90.1 cm³/mol. The molecular formula is C18H20N2O2S. The molecule has 0 radical (unpaired) electrons. The number of oxazole rings is 1. The number of nitrogens with zero attached hydrogens (tertiary/aromatic N) is 2. The molecule has 0 N–H and O–H groups in total. The van der Waals surface area contributed by atoms with Gasteiger partial charge in [0.1, 0.15) is 12.0 Å². The number of furan rings is 1. The van der Waals surface area contributed by atoms with E-state index in [1.54, 1.807) is 23.9 Å². The highest BCUT2D eigenvalue weighted by molar-refractivity contribution is 7.13. The second-order valence-electron chi connectivity index (χ2n) is 5.97. The maximum Gasteiger partial charge on any atom is 0.236 e. The third-order valence-electron chi connectivity index (χ3n) is 4.38. The Kier molecular flexibility index (Phi) is 4.30. The molecule has 4 rings (SSSR count). The third kappa shape index (κ3) is 3.26. The Morgan fingerprint density at radius 2 is 2.17 bits per heavy atom. The average Bonchev–Trinajstić information content (AvgIpc) is 3.29. The van der Waals surface area contributed by atoms with Crippen molar-refractivity contribution in [3.63, 3.8) is 0 Å². The molecule has 1 unspecified atom stereocenters. The summed E-state index contributed by atoms with van der Waals surface area (Å²) < 4.78 is 11.3. The maximum atomic E-state index is 5.68. The zero-order valence-electron chi connectivity index (χ0n) is 13.0. The highest BCUT2D eigenvalue weighted by atomic mass is 32.1. The minimum absolute atomic E-state index is 0.342. The zero-order chi connectivity index (χ0) is 15.5. The van der Waals surface area contributed by atoms with E-state index in [1.165, 1.54) is 19.3 Å². The van der Waals surface area contributed by atoms with Crippen LogP contribution < -0.4 is 0 Å². The first-order valence-corrected chi connectivity index (χ1v) is 9.04. The Morgan fingerprint density at radius 3 is 3.00 bits per heavy atom. The predicted octanol–water partition coefficient (Wildman–Crippen LogP) is 5.11. The van der Waals surface area contributed by atoms with Crippen LogP contribution in [0.3, 0.4) is 0 Å². The van der Waals surface area contributed by atoms with Crippen LogP contribution in [0.2, 0.25) is 0 Å². The van der Waals surface area contributed by atoms with Crippen molar-refractivity contribution in [3.05, 3.63) is 53.6 Å². The lowest BCUT2D eigenvalue weighted by atomic mass is 10.1. The number of hydrogen-bond acceptors (Lipinski definition) is 5. The smallest absolute Gasteiger partial charge is 0.236 e. The maximum absolute atomic E-state index is 5.68. The minimum atomic E-state index is 0.342. The Bertz CT molecular complexity index is 718. The zero-order valence-corrected chi connectivity index (χ0v) is 13.8. The summed E-state index contributed by atoms with van der Waals surface area (Å²) in [5, 5.41) is 2.04. The second kappa shape index (κ2) is 6.72. The van der Waals surface area contributed by atoms with Crippen LogP contribution in [0.25, 0.3) is 10.8 Å². The third-order valence-corrected chi connectivity index (χ3v) is 5.24. The van der Waals surface area contributed by atoms with Crippen molar-refractivity contribution in [2.24, 2.45) is 0 Å². The first-order chi connectivity index (χ1) is 11.4. The van der Waals surface area contributed by atoms with E-state index in [0.717, 1.165) is 41.7 Å². The summed E-state index contributed by atoms with van der Waals surface area (Å²) >= 11 is 1.65. The normalized spacial score (nSPS) is 19.7. The molecule has 0 saturated carbocycles. The van der Waals surface area contributed by atoms with Gasteiger partial charge in [0.25, 0.3) is 0 Å². The SMILES string of the molecule is c1coc(C2CCCCCN2Cc2coc(-c3cccs3)n2)c1. The molecule has 4 heterocycles. The van der Waals surface area contributed by atoms with Gasteiger partial charge in [-0.2, -0.15) is 0 Å². The highest BCUT2D eigenvalue weighted by Crippen LogP contribution is 2.32. The van der Waals surface area contributed by atoms with E-state index >= 15 is 0 Å². The van der Waals surface area contributed by atoms with Crippen LogP contribution in [-0.2, 0) is 6.54 Å². The molecule has 23 heavy (non-hydrogen) atoms. The van der Waals surface area contributed by atoms with Gasteiger partial charge in [0.15, 0.2) is 0 Å². The summed E-state index contributed by atoms with van der Waals surface area (Å²) in [6.07, 6.45) is 8.46. The van der Waals surface area contributed by atoms with E-state index in [-0.39, 0.29) is 0 Å². The molecule has 1 aliphatic heterocycles. The fraction of sp³-hybridized carbons (Fsp3) is 0.389. The standard InChI is InChI=1S/C18H20N2O2S/c1-2-6-15(16-7-4-10-21-16)20(9-3-1)12-14-13-22-18(19-14)17-8-5-11-23-17/h4-5,7-8,10-11,13,15H,1-3,6,9,12H2. The molecule has 3 aromatic rings. The lowest BCUT2D eigenvalue weighted by molar-refractivity contribution is 0.167. The van der Waals surface area contributed by atoms with Gasteiger partial charge in [0, 0.05) is 6.54 Å². The van der Waals surface area contributed by atoms with Crippen LogP contribution in [-0.4, -0.2) is 16.4 Å². The number of thiophene rings is 1. The summed E-state index contributed by atoms with van der Waals surface area (Å²) in [5.74, 6) is 1.79. The van der Waals surface area contributed by atoms with Crippen molar-refractivity contribution in [1.82, 2.24) is 9.88 Å². The molecular weight excluding hydrogens is 308 g/mol. The van der Waals surface area contributed by atoms with Crippen LogP contribution in [0.5, 0.6) is 0 Å². The molecule has 120 valence electrons. The number of hydrogen-bond donors (Lipinski definition) is 0. The lowest BCUT2D eigenvalue weighted by Gasteiger charge is -2.27. The summed E-state index contributed by atoms with van der Waals surface area (Å²) in [5.41, 5.74) is 0.992. The summed E-state index contributed by atoms with van der Waals surface area (Å²) in [7, 11) is 0. The quantitative estimate of drug-likeness (QED) is 0.667. The van der Waals surface area contributed by atoms with Crippen molar-refractivity contribution in [1.29, 1.82) is 0 Å². The van der Waals surface area contributed by atoms with Gasteiger partial charge in [-0.15, -0.1) is 11.3 Å². The molecule has 0 bridgehead atoms. The topological polar surface area (TPSA) is 42.4 Å². The average molecular weight is 328 g/mol. The number of aromatic nitrogens is 1. The van der Waals surface area contributed by atoms with Gasteiger partial charge in [-0.05, 0) is 43.0 Å². The van der Waals surface area contributed by atoms with Crippen molar-refractivity contribution in [2.45, 2.75) is 38.3 Å². The molecule has 4 nitrogen and oxygen atoms in total. The van der Waals surface area contributed by atoms with Crippen LogP contribution in [0.1, 0.15) is 43.2 Å². The molecule has 1 fully saturated rings. The number of likely N-dealkylation sites (tertiary alicyclic amines) is 1. The van der Waals surface area contributed by atoms with Crippen molar-refractivity contribution in [3.8, 4) is 10.8 Å². The Balaban J connectivity index is 1.53. The summed E-state index contributed by atoms with van der Waals surface area (Å²) in [4.78, 5) is 8.22. The van der Waals surface area contributed by atoms with Gasteiger partial charge >= 0.3 is 0 Å². The molecule has 5 heteroatoms. The fourth-order valence-corrected chi connectivity index (χ4v) is 3.92. The van der Waals surface area contributed by atoms with Crippen LogP contribution >= 0.6 is 11.3 Å². The van der Waals surface area contributed by atoms with E-state index in [0.29, 0.717) is 6.04 Å². The molecule has 1 aliphatic rings. The van der Waals surface area contributed by atoms with Crippen molar-refractivity contribution >= 4 is 11.3 Å². The Morgan fingerprint density at radius 1 is 1.17 bits per heavy atom. The molecule has 1 atom stereocenters. The van der Waals surface area contributed by atoms with Crippen molar-refractivity contribution in [2.75, 3.05) is 6.54 Å². The first-order valence-electron chi connectivity index (χ1n) is 8.16. The van der Waals surface area contributed by atoms with E-state index in [1.807, 2.05) is 23.6 Å². The minimum Gasteiger partial charge on any atom is -0.468 e. The number of rotatable bonds is 4. The summed E-state index contributed by atoms with van der Waals surface area (Å²) in [6, 6.07) is 8.46. The van der Waals surface area contributed by atoms with Gasteiger partial charge in [0.2, 0.25) is 5.89 Å². The van der Waals surface area contributed by atoms with E-state index in [4.69, 9.17) is 8.83 Å². The first kappa shape index (κ1) is 14.7. The van der Waals surface area contributed by atoms with E-state index in [2.05, 4.69) is 16.0 Å². The van der Waals surface area contributed by atoms with Gasteiger partial charge in [0.05, 0.1) is 22.9 Å². The van der Waals surface area contributed by atoms with Crippen LogP contribution in [0, 0.1) is 0 Å². The molecule has 0 amide bonds. The van der Waals surface area contributed by atoms with E-state index in [9.17, 15) is 0 Å². The van der Waals surface area contributed by atoms with Crippen LogP contribution in [0.15, 0.2) is 51.0 Å². The lowest BCUT2D eigenvalue weighted by Crippen LogP contribution is -2.28. The van der Waals surface area contributed by atoms with E-state index < -0.39 is 0 Å². The van der Waals surface area contributed by atoms with Gasteiger partial charge < -0.3 is 8.83 Å². The van der Waals surface area contributed by atoms with Gasteiger partial charge in [-0.25, -0.2) is 4.98 Å². The van der Waals surface area contributed by atoms with Crippen molar-refractivity contribution < 1.29 is 8.83 Å². The highest BCUT2D eigenvalue weighted by Gasteiger charge is 2.25. The Labute approximate surface area is 139 Å². The Hall–Kier alpha value is -1.85.